The molecule has 0 amide bonds. The summed E-state index contributed by atoms with van der Waals surface area (Å²) in [6.45, 7) is 1.98. The first-order valence-electron chi connectivity index (χ1n) is 5.64. The van der Waals surface area contributed by atoms with Crippen molar-refractivity contribution in [2.45, 2.75) is 17.9 Å². The zero-order chi connectivity index (χ0) is 12.3. The second-order valence-corrected chi connectivity index (χ2v) is 6.28. The Labute approximate surface area is 101 Å². The van der Waals surface area contributed by atoms with E-state index in [1.165, 1.54) is 16.6 Å². The first kappa shape index (κ1) is 12.5. The normalized spacial score (nSPS) is 18.7. The second-order valence-electron chi connectivity index (χ2n) is 4.26. The van der Waals surface area contributed by atoms with E-state index in [0.717, 1.165) is 26.1 Å². The molecule has 0 atom stereocenters. The van der Waals surface area contributed by atoms with Crippen LogP contribution in [0.5, 0.6) is 0 Å². The Hall–Kier alpha value is -0.920. The minimum atomic E-state index is -3.42. The summed E-state index contributed by atoms with van der Waals surface area (Å²) in [5, 5.41) is 6.30. The van der Waals surface area contributed by atoms with Gasteiger partial charge < -0.3 is 4.74 Å². The van der Waals surface area contributed by atoms with E-state index in [2.05, 4.69) is 10.2 Å². The predicted octanol–water partition coefficient (Wildman–Crippen LogP) is 0.457. The summed E-state index contributed by atoms with van der Waals surface area (Å²) in [6.07, 6.45) is 3.28. The SMILES string of the molecule is CN(CC1CCOCC1)S(=O)(=O)c1ccn[nH]1. The lowest BCUT2D eigenvalue weighted by atomic mass is 10.0. The Balaban J connectivity index is 2.01. The van der Waals surface area contributed by atoms with Gasteiger partial charge in [-0.15, -0.1) is 0 Å². The van der Waals surface area contributed by atoms with Crippen molar-refractivity contribution in [1.82, 2.24) is 14.5 Å². The lowest BCUT2D eigenvalue weighted by molar-refractivity contribution is 0.0620. The smallest absolute Gasteiger partial charge is 0.259 e. The highest BCUT2D eigenvalue weighted by Gasteiger charge is 2.25. The number of ether oxygens (including phenoxy) is 1. The van der Waals surface area contributed by atoms with Crippen LogP contribution in [0.1, 0.15) is 12.8 Å². The zero-order valence-corrected chi connectivity index (χ0v) is 10.6. The van der Waals surface area contributed by atoms with Gasteiger partial charge in [0.15, 0.2) is 5.03 Å². The molecule has 2 rings (SSSR count). The molecule has 0 aromatic carbocycles. The van der Waals surface area contributed by atoms with Gasteiger partial charge in [0, 0.05) is 26.8 Å². The molecule has 96 valence electrons. The number of nitrogens with one attached hydrogen (secondary N) is 1. The molecule has 0 bridgehead atoms. The van der Waals surface area contributed by atoms with Gasteiger partial charge in [-0.25, -0.2) is 8.42 Å². The number of aromatic amines is 1. The van der Waals surface area contributed by atoms with Crippen molar-refractivity contribution in [2.75, 3.05) is 26.8 Å². The maximum Gasteiger partial charge on any atom is 0.259 e. The second kappa shape index (κ2) is 5.16. The van der Waals surface area contributed by atoms with Crippen LogP contribution >= 0.6 is 0 Å². The summed E-state index contributed by atoms with van der Waals surface area (Å²) in [4.78, 5) is 0. The molecule has 1 saturated heterocycles. The van der Waals surface area contributed by atoms with Crippen LogP contribution in [-0.2, 0) is 14.8 Å². The molecule has 1 N–H and O–H groups in total. The molecule has 0 unspecified atom stereocenters. The summed E-state index contributed by atoms with van der Waals surface area (Å²) < 4.78 is 30.8. The fraction of sp³-hybridized carbons (Fsp3) is 0.700. The van der Waals surface area contributed by atoms with Crippen molar-refractivity contribution < 1.29 is 13.2 Å². The lowest BCUT2D eigenvalue weighted by Gasteiger charge is -2.26. The molecule has 2 heterocycles. The molecule has 0 radical (unpaired) electrons. The fourth-order valence-electron chi connectivity index (χ4n) is 1.95. The van der Waals surface area contributed by atoms with Gasteiger partial charge in [-0.3, -0.25) is 5.10 Å². The van der Waals surface area contributed by atoms with Crippen molar-refractivity contribution >= 4 is 10.0 Å². The molecule has 1 aromatic heterocycles. The molecule has 17 heavy (non-hydrogen) atoms. The van der Waals surface area contributed by atoms with Gasteiger partial charge in [-0.2, -0.15) is 9.40 Å². The van der Waals surface area contributed by atoms with Crippen molar-refractivity contribution in [3.8, 4) is 0 Å². The molecule has 7 heteroatoms. The molecular weight excluding hydrogens is 242 g/mol. The van der Waals surface area contributed by atoms with Crippen molar-refractivity contribution in [3.63, 3.8) is 0 Å². The Morgan fingerprint density at radius 3 is 2.82 bits per heavy atom. The molecule has 1 aliphatic rings. The van der Waals surface area contributed by atoms with Crippen LogP contribution in [-0.4, -0.2) is 49.7 Å². The average Bonchev–Trinajstić information content (AvgIpc) is 2.84. The van der Waals surface area contributed by atoms with E-state index < -0.39 is 10.0 Å². The third kappa shape index (κ3) is 2.85. The van der Waals surface area contributed by atoms with Gasteiger partial charge in [0.05, 0.1) is 6.20 Å². The fourth-order valence-corrected chi connectivity index (χ4v) is 3.09. The molecule has 0 spiro atoms. The summed E-state index contributed by atoms with van der Waals surface area (Å²) in [5.74, 6) is 0.381. The van der Waals surface area contributed by atoms with E-state index in [4.69, 9.17) is 4.74 Å². The topological polar surface area (TPSA) is 75.3 Å². The van der Waals surface area contributed by atoms with Crippen LogP contribution in [0.4, 0.5) is 0 Å². The third-order valence-electron chi connectivity index (χ3n) is 3.02. The summed E-state index contributed by atoms with van der Waals surface area (Å²) >= 11 is 0. The highest BCUT2D eigenvalue weighted by molar-refractivity contribution is 7.89. The molecular formula is C10H17N3O3S. The largest absolute Gasteiger partial charge is 0.381 e. The van der Waals surface area contributed by atoms with Crippen molar-refractivity contribution in [3.05, 3.63) is 12.3 Å². The minimum absolute atomic E-state index is 0.145. The molecule has 0 aliphatic carbocycles. The maximum atomic E-state index is 12.1. The molecule has 0 saturated carbocycles. The summed E-state index contributed by atoms with van der Waals surface area (Å²) in [5.41, 5.74) is 0. The van der Waals surface area contributed by atoms with Gasteiger partial charge in [0.1, 0.15) is 0 Å². The van der Waals surface area contributed by atoms with E-state index in [9.17, 15) is 8.42 Å². The van der Waals surface area contributed by atoms with Crippen LogP contribution in [0, 0.1) is 5.92 Å². The Kier molecular flexibility index (Phi) is 3.80. The zero-order valence-electron chi connectivity index (χ0n) is 9.80. The van der Waals surface area contributed by atoms with Crippen LogP contribution in [0.15, 0.2) is 17.3 Å². The minimum Gasteiger partial charge on any atom is -0.381 e. The van der Waals surface area contributed by atoms with Gasteiger partial charge in [-0.05, 0) is 24.8 Å². The number of nitrogens with zero attached hydrogens (tertiary/aromatic N) is 2. The van der Waals surface area contributed by atoms with E-state index in [-0.39, 0.29) is 5.03 Å². The number of aromatic nitrogens is 2. The monoisotopic (exact) mass is 259 g/mol. The number of rotatable bonds is 4. The van der Waals surface area contributed by atoms with Crippen LogP contribution in [0.2, 0.25) is 0 Å². The Morgan fingerprint density at radius 2 is 2.24 bits per heavy atom. The quantitative estimate of drug-likeness (QED) is 0.852. The average molecular weight is 259 g/mol. The highest BCUT2D eigenvalue weighted by atomic mass is 32.2. The Morgan fingerprint density at radius 1 is 1.53 bits per heavy atom. The summed E-state index contributed by atoms with van der Waals surface area (Å²) in [7, 11) is -1.82. The number of H-pyrrole nitrogens is 1. The Bertz CT molecular complexity index is 437. The van der Waals surface area contributed by atoms with Gasteiger partial charge in [0.25, 0.3) is 10.0 Å². The van der Waals surface area contributed by atoms with E-state index in [0.29, 0.717) is 12.5 Å². The van der Waals surface area contributed by atoms with E-state index >= 15 is 0 Å². The van der Waals surface area contributed by atoms with E-state index in [1.54, 1.807) is 7.05 Å². The standard InChI is InChI=1S/C10H17N3O3S/c1-13(8-9-3-6-16-7-4-9)17(14,15)10-2-5-11-12-10/h2,5,9H,3-4,6-8H2,1H3,(H,11,12). The molecule has 1 aliphatic heterocycles. The highest BCUT2D eigenvalue weighted by Crippen LogP contribution is 2.19. The molecule has 1 aromatic rings. The summed E-state index contributed by atoms with van der Waals surface area (Å²) in [6, 6.07) is 1.47. The van der Waals surface area contributed by atoms with Crippen molar-refractivity contribution in [2.24, 2.45) is 5.92 Å². The van der Waals surface area contributed by atoms with Gasteiger partial charge in [0.2, 0.25) is 0 Å². The van der Waals surface area contributed by atoms with Crippen LogP contribution < -0.4 is 0 Å². The first-order valence-corrected chi connectivity index (χ1v) is 7.08. The van der Waals surface area contributed by atoms with Gasteiger partial charge in [-0.1, -0.05) is 0 Å². The number of sulfonamides is 1. The predicted molar refractivity (Wildman–Crippen MR) is 61.9 cm³/mol. The van der Waals surface area contributed by atoms with Crippen molar-refractivity contribution in [1.29, 1.82) is 0 Å². The number of hydrogen-bond acceptors (Lipinski definition) is 4. The van der Waals surface area contributed by atoms with E-state index in [1.807, 2.05) is 0 Å². The number of hydrogen-bond donors (Lipinski definition) is 1. The molecule has 6 nitrogen and oxygen atoms in total. The maximum absolute atomic E-state index is 12.1. The molecule has 1 fully saturated rings. The van der Waals surface area contributed by atoms with Crippen LogP contribution in [0.3, 0.4) is 0 Å². The van der Waals surface area contributed by atoms with Crippen LogP contribution in [0.25, 0.3) is 0 Å². The van der Waals surface area contributed by atoms with Gasteiger partial charge >= 0.3 is 0 Å². The third-order valence-corrected chi connectivity index (χ3v) is 4.77. The lowest BCUT2D eigenvalue weighted by Crippen LogP contribution is -2.34. The first-order chi connectivity index (χ1) is 8.10.